The van der Waals surface area contributed by atoms with E-state index in [1.807, 2.05) is 0 Å². The van der Waals surface area contributed by atoms with Crippen molar-refractivity contribution in [2.75, 3.05) is 0 Å². The third kappa shape index (κ3) is 3.59. The first kappa shape index (κ1) is 18.2. The molecule has 0 radical (unpaired) electrons. The number of rotatable bonds is 5. The fourth-order valence-corrected chi connectivity index (χ4v) is 13.6. The predicted molar refractivity (Wildman–Crippen MR) is 118 cm³/mol. The molecule has 3 aromatic carbocycles. The molecule has 3 aromatic rings. The van der Waals surface area contributed by atoms with Crippen LogP contribution < -0.4 is 10.6 Å². The minimum atomic E-state index is -1.00. The second-order valence-corrected chi connectivity index (χ2v) is 14.7. The van der Waals surface area contributed by atoms with Gasteiger partial charge in [0.05, 0.1) is 0 Å². The molecule has 2 heteroatoms. The summed E-state index contributed by atoms with van der Waals surface area (Å²) in [6.45, 7) is 0. The average molecular weight is 543 g/mol. The molecule has 0 saturated carbocycles. The molecule has 1 unspecified atom stereocenters. The Kier molecular flexibility index (Phi) is 5.39. The summed E-state index contributed by atoms with van der Waals surface area (Å²) in [6, 6.07) is 31.4. The van der Waals surface area contributed by atoms with Crippen LogP contribution in [-0.4, -0.2) is 0 Å². The van der Waals surface area contributed by atoms with Gasteiger partial charge in [-0.1, -0.05) is 0 Å². The Balaban J connectivity index is 1.62. The Bertz CT molecular complexity index is 1020. The van der Waals surface area contributed by atoms with Gasteiger partial charge in [0.2, 0.25) is 0 Å². The summed E-state index contributed by atoms with van der Waals surface area (Å²) in [5.74, 6) is 0. The van der Waals surface area contributed by atoms with Crippen molar-refractivity contribution >= 4 is 24.6 Å². The van der Waals surface area contributed by atoms with Crippen LogP contribution in [0.2, 0.25) is 0 Å². The Hall–Kier alpha value is -1.82. The maximum absolute atomic E-state index is 2.53. The molecule has 0 spiro atoms. The van der Waals surface area contributed by atoms with E-state index in [1.54, 1.807) is 14.2 Å². The van der Waals surface area contributed by atoms with Crippen LogP contribution >= 0.6 is 7.92 Å². The molecule has 0 heterocycles. The van der Waals surface area contributed by atoms with Crippen molar-refractivity contribution in [1.29, 1.82) is 0 Å². The van der Waals surface area contributed by atoms with Crippen molar-refractivity contribution in [3.8, 4) is 0 Å². The summed E-state index contributed by atoms with van der Waals surface area (Å²) in [4.78, 5) is 0. The maximum atomic E-state index is 2.53. The third-order valence-electron chi connectivity index (χ3n) is 5.29. The molecule has 0 bridgehead atoms. The molecule has 28 heavy (non-hydrogen) atoms. The van der Waals surface area contributed by atoms with Gasteiger partial charge in [0.25, 0.3) is 0 Å². The van der Waals surface area contributed by atoms with Gasteiger partial charge in [0.1, 0.15) is 0 Å². The van der Waals surface area contributed by atoms with E-state index in [9.17, 15) is 0 Å². The van der Waals surface area contributed by atoms with Crippen LogP contribution in [-0.2, 0) is 22.9 Å². The molecule has 0 aromatic heterocycles. The van der Waals surface area contributed by atoms with E-state index in [2.05, 4.69) is 109 Å². The third-order valence-corrected chi connectivity index (χ3v) is 14.6. The molecule has 134 valence electrons. The van der Waals surface area contributed by atoms with Gasteiger partial charge in [-0.3, -0.25) is 0 Å². The molecular formula is C26H21HfP. The first-order chi connectivity index (χ1) is 13.9. The van der Waals surface area contributed by atoms with E-state index in [-0.39, 0.29) is 0 Å². The van der Waals surface area contributed by atoms with Crippen molar-refractivity contribution in [2.45, 2.75) is 10.1 Å². The van der Waals surface area contributed by atoms with Crippen LogP contribution in [0.5, 0.6) is 0 Å². The van der Waals surface area contributed by atoms with Gasteiger partial charge in [-0.15, -0.1) is 0 Å². The number of fused-ring (bicyclic) bond motifs is 1. The Morgan fingerprint density at radius 1 is 0.750 bits per heavy atom. The average Bonchev–Trinajstić information content (AvgIpc) is 3.39. The molecule has 0 saturated heterocycles. The number of hydrogen-bond acceptors (Lipinski definition) is 0. The van der Waals surface area contributed by atoms with Gasteiger partial charge in [-0.25, -0.2) is 0 Å². The van der Waals surface area contributed by atoms with E-state index in [0.29, 0.717) is 3.67 Å². The summed E-state index contributed by atoms with van der Waals surface area (Å²) < 4.78 is 2.40. The fraction of sp³-hybridized carbons (Fsp3) is 0.0769. The van der Waals surface area contributed by atoms with Crippen LogP contribution in [0.25, 0.3) is 6.08 Å². The topological polar surface area (TPSA) is 0 Å². The van der Waals surface area contributed by atoms with Crippen molar-refractivity contribution in [3.05, 3.63) is 123 Å². The standard InChI is InChI=1S/C21H16P.C5H5.Hf/c1-3-11-19(12-4-1)22(20-13-5-2-6-14-20)21-15-17-9-7-8-10-18(17)16-21;1-2-4-5-3-1;/h1-16H;1-3H,4H2;. The second-order valence-electron chi connectivity index (χ2n) is 7.11. The van der Waals surface area contributed by atoms with Crippen LogP contribution in [0.3, 0.4) is 0 Å². The van der Waals surface area contributed by atoms with Gasteiger partial charge in [-0.05, 0) is 0 Å². The monoisotopic (exact) mass is 544 g/mol. The van der Waals surface area contributed by atoms with E-state index in [4.69, 9.17) is 0 Å². The van der Waals surface area contributed by atoms with E-state index >= 15 is 0 Å². The molecule has 2 aliphatic rings. The van der Waals surface area contributed by atoms with Gasteiger partial charge < -0.3 is 0 Å². The molecular weight excluding hydrogens is 522 g/mol. The van der Waals surface area contributed by atoms with E-state index in [1.165, 1.54) is 22.6 Å². The Morgan fingerprint density at radius 3 is 2.04 bits per heavy atom. The van der Waals surface area contributed by atoms with Gasteiger partial charge >= 0.3 is 181 Å². The first-order valence-corrected chi connectivity index (χ1v) is 14.9. The summed E-state index contributed by atoms with van der Waals surface area (Å²) in [5, 5.41) is 4.61. The first-order valence-electron chi connectivity index (χ1n) is 9.73. The zero-order valence-corrected chi connectivity index (χ0v) is 20.1. The Morgan fingerprint density at radius 2 is 1.39 bits per heavy atom. The van der Waals surface area contributed by atoms with Crippen LogP contribution in [0.1, 0.15) is 21.2 Å². The molecule has 2 aliphatic carbocycles. The summed E-state index contributed by atoms with van der Waals surface area (Å²) in [7, 11) is -0.496. The zero-order chi connectivity index (χ0) is 18.8. The molecule has 0 amide bonds. The summed E-state index contributed by atoms with van der Waals surface area (Å²) >= 11 is -1.00. The van der Waals surface area contributed by atoms with E-state index in [0.717, 1.165) is 0 Å². The number of benzene rings is 3. The van der Waals surface area contributed by atoms with Gasteiger partial charge in [0, 0.05) is 0 Å². The predicted octanol–water partition coefficient (Wildman–Crippen LogP) is 6.14. The second kappa shape index (κ2) is 8.27. The fourth-order valence-electron chi connectivity index (χ4n) is 3.99. The van der Waals surface area contributed by atoms with E-state index < -0.39 is 30.8 Å². The minimum absolute atomic E-state index is 0.496. The zero-order valence-electron chi connectivity index (χ0n) is 15.6. The van der Waals surface area contributed by atoms with Gasteiger partial charge in [0.15, 0.2) is 0 Å². The molecule has 5 rings (SSSR count). The van der Waals surface area contributed by atoms with Crippen LogP contribution in [0.15, 0.2) is 112 Å². The van der Waals surface area contributed by atoms with Crippen molar-refractivity contribution in [2.24, 2.45) is 0 Å². The summed E-state index contributed by atoms with van der Waals surface area (Å²) in [6.07, 6.45) is 10.7. The number of allylic oxidation sites excluding steroid dienone is 5. The Labute approximate surface area is 179 Å². The molecule has 0 nitrogen and oxygen atoms in total. The van der Waals surface area contributed by atoms with Gasteiger partial charge in [-0.2, -0.15) is 0 Å². The normalized spacial score (nSPS) is 17.4. The van der Waals surface area contributed by atoms with Crippen LogP contribution in [0.4, 0.5) is 0 Å². The van der Waals surface area contributed by atoms with Crippen molar-refractivity contribution in [1.82, 2.24) is 0 Å². The SMILES string of the molecule is C1=CC[C]([Hf][CH]2C(P(c3ccccc3)c3ccccc3)=Cc3ccccc32)=C1. The molecule has 0 N–H and O–H groups in total. The van der Waals surface area contributed by atoms with Crippen molar-refractivity contribution in [3.63, 3.8) is 0 Å². The molecule has 1 atom stereocenters. The number of hydrogen-bond donors (Lipinski definition) is 0. The molecule has 0 fully saturated rings. The van der Waals surface area contributed by atoms with Crippen molar-refractivity contribution < 1.29 is 22.9 Å². The summed E-state index contributed by atoms with van der Waals surface area (Å²) in [5.41, 5.74) is 3.02. The molecule has 0 aliphatic heterocycles. The quantitative estimate of drug-likeness (QED) is 0.268. The van der Waals surface area contributed by atoms with Crippen LogP contribution in [0, 0.1) is 0 Å².